The van der Waals surface area contributed by atoms with Crippen LogP contribution in [0.25, 0.3) is 0 Å². The van der Waals surface area contributed by atoms with E-state index in [9.17, 15) is 13.2 Å². The largest absolute Gasteiger partial charge is 0.497 e. The van der Waals surface area contributed by atoms with Crippen molar-refractivity contribution in [2.45, 2.75) is 29.6 Å². The Balaban J connectivity index is 1.43. The number of carbonyl (C=O) groups excluding carboxylic acids is 1. The van der Waals surface area contributed by atoms with E-state index >= 15 is 0 Å². The molecule has 0 unspecified atom stereocenters. The first-order valence-corrected chi connectivity index (χ1v) is 12.4. The van der Waals surface area contributed by atoms with Crippen molar-refractivity contribution in [2.75, 3.05) is 32.5 Å². The van der Waals surface area contributed by atoms with Crippen LogP contribution in [0.15, 0.2) is 58.3 Å². The van der Waals surface area contributed by atoms with Crippen LogP contribution >= 0.6 is 11.8 Å². The first kappa shape index (κ1) is 22.7. The first-order chi connectivity index (χ1) is 14.4. The lowest BCUT2D eigenvalue weighted by atomic mass is 9.97. The summed E-state index contributed by atoms with van der Waals surface area (Å²) >= 11 is 1.71. The maximum Gasteiger partial charge on any atom is 0.243 e. The molecule has 8 heteroatoms. The average molecular weight is 449 g/mol. The van der Waals surface area contributed by atoms with Crippen LogP contribution in [0.4, 0.5) is 0 Å². The Morgan fingerprint density at radius 2 is 1.73 bits per heavy atom. The number of hydrogen-bond donors (Lipinski definition) is 1. The van der Waals surface area contributed by atoms with Crippen molar-refractivity contribution in [3.8, 4) is 5.75 Å². The maximum atomic E-state index is 12.8. The van der Waals surface area contributed by atoms with E-state index in [4.69, 9.17) is 4.74 Å². The monoisotopic (exact) mass is 448 g/mol. The molecule has 1 aliphatic heterocycles. The molecule has 1 amide bonds. The molecule has 0 spiro atoms. The number of rotatable bonds is 8. The van der Waals surface area contributed by atoms with Crippen molar-refractivity contribution in [2.24, 2.45) is 5.92 Å². The Labute approximate surface area is 183 Å². The van der Waals surface area contributed by atoms with Gasteiger partial charge in [0.2, 0.25) is 15.9 Å². The van der Waals surface area contributed by atoms with E-state index in [1.165, 1.54) is 14.8 Å². The fourth-order valence-corrected chi connectivity index (χ4v) is 5.62. The zero-order chi connectivity index (χ0) is 21.6. The summed E-state index contributed by atoms with van der Waals surface area (Å²) in [6, 6.07) is 14.7. The van der Waals surface area contributed by atoms with Crippen molar-refractivity contribution in [3.63, 3.8) is 0 Å². The van der Waals surface area contributed by atoms with Crippen LogP contribution < -0.4 is 10.1 Å². The van der Waals surface area contributed by atoms with Gasteiger partial charge in [-0.3, -0.25) is 4.79 Å². The lowest BCUT2D eigenvalue weighted by Gasteiger charge is -2.30. The summed E-state index contributed by atoms with van der Waals surface area (Å²) in [6.07, 6.45) is 1.07. The summed E-state index contributed by atoms with van der Waals surface area (Å²) in [7, 11) is -2.01. The molecule has 0 bridgehead atoms. The van der Waals surface area contributed by atoms with E-state index in [0.29, 0.717) is 38.2 Å². The van der Waals surface area contributed by atoms with Gasteiger partial charge in [-0.1, -0.05) is 17.7 Å². The molecule has 30 heavy (non-hydrogen) atoms. The number of thioether (sulfide) groups is 1. The summed E-state index contributed by atoms with van der Waals surface area (Å²) in [5.74, 6) is 1.29. The highest BCUT2D eigenvalue weighted by Gasteiger charge is 2.31. The van der Waals surface area contributed by atoms with Crippen LogP contribution in [0.2, 0.25) is 0 Å². The zero-order valence-corrected chi connectivity index (χ0v) is 19.0. The maximum absolute atomic E-state index is 12.8. The zero-order valence-electron chi connectivity index (χ0n) is 17.3. The van der Waals surface area contributed by atoms with Crippen molar-refractivity contribution in [3.05, 3.63) is 54.1 Å². The highest BCUT2D eigenvalue weighted by molar-refractivity contribution is 7.99. The van der Waals surface area contributed by atoms with E-state index in [-0.39, 0.29) is 16.7 Å². The number of ether oxygens (including phenoxy) is 1. The fourth-order valence-electron chi connectivity index (χ4n) is 3.38. The van der Waals surface area contributed by atoms with Crippen LogP contribution in [0.1, 0.15) is 18.4 Å². The summed E-state index contributed by atoms with van der Waals surface area (Å²) in [6.45, 7) is 3.36. The normalized spacial score (nSPS) is 15.7. The standard InChI is InChI=1S/C22H28N2O4S2/c1-17-3-7-20(8-4-17)29-16-13-23-22(25)18-11-14-24(15-12-18)30(26,27)21-9-5-19(28-2)6-10-21/h3-10,18H,11-16H2,1-2H3,(H,23,25). The molecular weight excluding hydrogens is 420 g/mol. The smallest absolute Gasteiger partial charge is 0.243 e. The van der Waals surface area contributed by atoms with Gasteiger partial charge in [0, 0.05) is 36.2 Å². The number of sulfonamides is 1. The minimum absolute atomic E-state index is 0.0148. The van der Waals surface area contributed by atoms with E-state index in [1.807, 2.05) is 0 Å². The molecule has 1 heterocycles. The van der Waals surface area contributed by atoms with Crippen molar-refractivity contribution in [1.82, 2.24) is 9.62 Å². The lowest BCUT2D eigenvalue weighted by molar-refractivity contribution is -0.125. The number of carbonyl (C=O) groups is 1. The predicted molar refractivity (Wildman–Crippen MR) is 119 cm³/mol. The average Bonchev–Trinajstić information content (AvgIpc) is 2.78. The van der Waals surface area contributed by atoms with Crippen LogP contribution in [0, 0.1) is 12.8 Å². The first-order valence-electron chi connectivity index (χ1n) is 10.0. The Kier molecular flexibility index (Phi) is 7.80. The van der Waals surface area contributed by atoms with Crippen LogP contribution in [-0.2, 0) is 14.8 Å². The molecule has 3 rings (SSSR count). The molecule has 1 fully saturated rings. The quantitative estimate of drug-likeness (QED) is 0.495. The number of nitrogens with one attached hydrogen (secondary N) is 1. The molecule has 0 atom stereocenters. The van der Waals surface area contributed by atoms with Crippen molar-refractivity contribution in [1.29, 1.82) is 0 Å². The van der Waals surface area contributed by atoms with Crippen LogP contribution in [0.3, 0.4) is 0 Å². The molecule has 6 nitrogen and oxygen atoms in total. The van der Waals surface area contributed by atoms with E-state index in [2.05, 4.69) is 36.5 Å². The minimum Gasteiger partial charge on any atom is -0.497 e. The molecule has 0 aliphatic carbocycles. The van der Waals surface area contributed by atoms with Gasteiger partial charge in [0.25, 0.3) is 0 Å². The number of benzene rings is 2. The van der Waals surface area contributed by atoms with E-state index < -0.39 is 10.0 Å². The molecule has 1 saturated heterocycles. The van der Waals surface area contributed by atoms with Gasteiger partial charge in [-0.15, -0.1) is 11.8 Å². The van der Waals surface area contributed by atoms with Gasteiger partial charge >= 0.3 is 0 Å². The Hall–Kier alpha value is -2.03. The molecule has 1 N–H and O–H groups in total. The van der Waals surface area contributed by atoms with Crippen molar-refractivity contribution >= 4 is 27.7 Å². The molecule has 0 radical (unpaired) electrons. The highest BCUT2D eigenvalue weighted by Crippen LogP contribution is 2.25. The second-order valence-corrected chi connectivity index (χ2v) is 10.4. The Morgan fingerprint density at radius 3 is 2.33 bits per heavy atom. The number of hydrogen-bond acceptors (Lipinski definition) is 5. The predicted octanol–water partition coefficient (Wildman–Crippen LogP) is 3.31. The van der Waals surface area contributed by atoms with E-state index in [0.717, 1.165) is 5.75 Å². The van der Waals surface area contributed by atoms with Gasteiger partial charge in [-0.2, -0.15) is 4.31 Å². The summed E-state index contributed by atoms with van der Waals surface area (Å²) in [5, 5.41) is 2.99. The number of piperidine rings is 1. The fraction of sp³-hybridized carbons (Fsp3) is 0.409. The summed E-state index contributed by atoms with van der Waals surface area (Å²) in [5.41, 5.74) is 1.23. The van der Waals surface area contributed by atoms with Gasteiger partial charge in [0.1, 0.15) is 5.75 Å². The van der Waals surface area contributed by atoms with Gasteiger partial charge < -0.3 is 10.1 Å². The molecule has 0 aromatic heterocycles. The van der Waals surface area contributed by atoms with Gasteiger partial charge in [-0.25, -0.2) is 8.42 Å². The topological polar surface area (TPSA) is 75.7 Å². The third-order valence-corrected chi connectivity index (χ3v) is 8.14. The molecule has 162 valence electrons. The number of amides is 1. The lowest BCUT2D eigenvalue weighted by Crippen LogP contribution is -2.43. The third-order valence-electron chi connectivity index (χ3n) is 5.21. The Morgan fingerprint density at radius 1 is 1.10 bits per heavy atom. The Bertz CT molecular complexity index is 936. The van der Waals surface area contributed by atoms with Gasteiger partial charge in [0.05, 0.1) is 12.0 Å². The minimum atomic E-state index is -3.55. The number of aryl methyl sites for hydroxylation is 1. The number of methoxy groups -OCH3 is 1. The second-order valence-electron chi connectivity index (χ2n) is 7.31. The van der Waals surface area contributed by atoms with Crippen LogP contribution in [0.5, 0.6) is 5.75 Å². The number of nitrogens with zero attached hydrogens (tertiary/aromatic N) is 1. The van der Waals surface area contributed by atoms with Gasteiger partial charge in [0.15, 0.2) is 0 Å². The molecule has 2 aromatic carbocycles. The molecule has 1 aliphatic rings. The summed E-state index contributed by atoms with van der Waals surface area (Å²) < 4.78 is 32.2. The van der Waals surface area contributed by atoms with E-state index in [1.54, 1.807) is 43.1 Å². The van der Waals surface area contributed by atoms with Crippen LogP contribution in [-0.4, -0.2) is 51.1 Å². The molecule has 2 aromatic rings. The highest BCUT2D eigenvalue weighted by atomic mass is 32.2. The molecule has 0 saturated carbocycles. The summed E-state index contributed by atoms with van der Waals surface area (Å²) in [4.78, 5) is 13.9. The van der Waals surface area contributed by atoms with Crippen molar-refractivity contribution < 1.29 is 17.9 Å². The second kappa shape index (κ2) is 10.3. The van der Waals surface area contributed by atoms with Gasteiger partial charge in [-0.05, 0) is 56.2 Å². The molecular formula is C22H28N2O4S2. The third kappa shape index (κ3) is 5.77. The SMILES string of the molecule is COc1ccc(S(=O)(=O)N2CCC(C(=O)NCCSc3ccc(C)cc3)CC2)cc1.